The van der Waals surface area contributed by atoms with Gasteiger partial charge in [0.25, 0.3) is 0 Å². The van der Waals surface area contributed by atoms with Crippen molar-refractivity contribution in [1.82, 2.24) is 5.32 Å². The number of fused-ring (bicyclic) bond motifs is 2. The van der Waals surface area contributed by atoms with Gasteiger partial charge in [0.2, 0.25) is 0 Å². The highest BCUT2D eigenvalue weighted by Gasteiger charge is 2.17. The number of para-hydroxylation sites is 2. The third-order valence-electron chi connectivity index (χ3n) is 4.98. The van der Waals surface area contributed by atoms with Crippen molar-refractivity contribution in [3.05, 3.63) is 77.0 Å². The Morgan fingerprint density at radius 3 is 2.77 bits per heavy atom. The number of nitrogens with one attached hydrogen (secondary N) is 1. The molecule has 30 heavy (non-hydrogen) atoms. The van der Waals surface area contributed by atoms with E-state index >= 15 is 0 Å². The molecule has 2 aliphatic rings. The van der Waals surface area contributed by atoms with Crippen LogP contribution in [0.25, 0.3) is 5.57 Å². The molecule has 0 fully saturated rings. The van der Waals surface area contributed by atoms with Gasteiger partial charge in [0.1, 0.15) is 25.1 Å². The molecule has 0 bridgehead atoms. The molecule has 0 saturated carbocycles. The Balaban J connectivity index is 1.25. The third kappa shape index (κ3) is 4.56. The van der Waals surface area contributed by atoms with E-state index in [4.69, 9.17) is 14.2 Å². The predicted molar refractivity (Wildman–Crippen MR) is 115 cm³/mol. The lowest BCUT2D eigenvalue weighted by Gasteiger charge is -2.15. The fraction of sp³-hybridized carbons (Fsp3) is 0.292. The molecule has 1 aliphatic heterocycles. The Hall–Kier alpha value is -3.09. The summed E-state index contributed by atoms with van der Waals surface area (Å²) in [7, 11) is 1.62. The van der Waals surface area contributed by atoms with E-state index in [1.54, 1.807) is 7.11 Å². The van der Waals surface area contributed by atoms with Crippen molar-refractivity contribution in [1.29, 1.82) is 0 Å². The summed E-state index contributed by atoms with van der Waals surface area (Å²) in [6.45, 7) is 1.70. The molecule has 1 unspecified atom stereocenters. The van der Waals surface area contributed by atoms with Crippen LogP contribution in [0.4, 0.5) is 0 Å². The molecule has 2 N–H and O–H groups in total. The van der Waals surface area contributed by atoms with E-state index in [1.165, 1.54) is 5.57 Å². The molecule has 2 aromatic carbocycles. The Morgan fingerprint density at radius 1 is 1.07 bits per heavy atom. The number of methoxy groups -OCH3 is 1. The largest absolute Gasteiger partial charge is 0.493 e. The second-order valence-electron chi connectivity index (χ2n) is 7.09. The van der Waals surface area contributed by atoms with E-state index in [2.05, 4.69) is 16.4 Å². The number of aliphatic hydroxyl groups excluding tert-OH is 1. The highest BCUT2D eigenvalue weighted by Crippen LogP contribution is 2.25. The molecule has 1 atom stereocenters. The SMILES string of the molecule is COc1ccccc1OCCNCC(O)COc1cccc2c1=C1CC=CC=C1N=2. The lowest BCUT2D eigenvalue weighted by molar-refractivity contribution is 0.105. The molecular formula is C24H26N2O4. The zero-order chi connectivity index (χ0) is 20.8. The normalized spacial score (nSPS) is 15.0. The minimum Gasteiger partial charge on any atom is -0.493 e. The molecule has 0 spiro atoms. The Bertz CT molecular complexity index is 1070. The lowest BCUT2D eigenvalue weighted by Crippen LogP contribution is -2.35. The first-order valence-electron chi connectivity index (χ1n) is 10.1. The van der Waals surface area contributed by atoms with Crippen LogP contribution in [0.15, 0.2) is 71.4 Å². The molecule has 4 rings (SSSR count). The zero-order valence-corrected chi connectivity index (χ0v) is 17.0. The van der Waals surface area contributed by atoms with Gasteiger partial charge in [-0.1, -0.05) is 30.4 Å². The number of ether oxygens (including phenoxy) is 3. The summed E-state index contributed by atoms with van der Waals surface area (Å²) >= 11 is 0. The Morgan fingerprint density at radius 2 is 1.90 bits per heavy atom. The van der Waals surface area contributed by atoms with Crippen LogP contribution in [0.5, 0.6) is 17.2 Å². The molecule has 0 amide bonds. The van der Waals surface area contributed by atoms with E-state index in [9.17, 15) is 5.11 Å². The second kappa shape index (κ2) is 9.61. The molecule has 1 aliphatic carbocycles. The van der Waals surface area contributed by atoms with Crippen molar-refractivity contribution in [2.24, 2.45) is 4.99 Å². The van der Waals surface area contributed by atoms with Crippen molar-refractivity contribution in [3.8, 4) is 17.2 Å². The van der Waals surface area contributed by atoms with Crippen LogP contribution in [-0.4, -0.2) is 44.6 Å². The van der Waals surface area contributed by atoms with Gasteiger partial charge in [-0.2, -0.15) is 0 Å². The molecule has 156 valence electrons. The summed E-state index contributed by atoms with van der Waals surface area (Å²) in [6, 6.07) is 13.4. The van der Waals surface area contributed by atoms with E-state index in [0.717, 1.165) is 28.4 Å². The Kier molecular flexibility index (Phi) is 6.47. The molecular weight excluding hydrogens is 380 g/mol. The Labute approximate surface area is 175 Å². The van der Waals surface area contributed by atoms with Crippen molar-refractivity contribution in [2.75, 3.05) is 33.4 Å². The van der Waals surface area contributed by atoms with Crippen LogP contribution in [0.3, 0.4) is 0 Å². The van der Waals surface area contributed by atoms with Gasteiger partial charge in [-0.05, 0) is 42.3 Å². The topological polar surface area (TPSA) is 72.3 Å². The smallest absolute Gasteiger partial charge is 0.161 e. The first-order valence-corrected chi connectivity index (χ1v) is 10.1. The van der Waals surface area contributed by atoms with Gasteiger partial charge in [0.05, 0.1) is 18.2 Å². The van der Waals surface area contributed by atoms with Gasteiger partial charge in [-0.25, -0.2) is 4.99 Å². The maximum absolute atomic E-state index is 10.3. The van der Waals surface area contributed by atoms with Crippen molar-refractivity contribution in [2.45, 2.75) is 12.5 Å². The first-order chi connectivity index (χ1) is 14.8. The first kappa shape index (κ1) is 20.2. The number of aliphatic hydroxyl groups is 1. The van der Waals surface area contributed by atoms with E-state index in [0.29, 0.717) is 31.2 Å². The minimum atomic E-state index is -0.628. The fourth-order valence-electron chi connectivity index (χ4n) is 3.54. The molecule has 0 radical (unpaired) electrons. The van der Waals surface area contributed by atoms with E-state index < -0.39 is 6.10 Å². The average Bonchev–Trinajstić information content (AvgIpc) is 3.17. The number of benzene rings is 2. The molecule has 1 heterocycles. The average molecular weight is 406 g/mol. The number of hydrogen-bond donors (Lipinski definition) is 2. The second-order valence-corrected chi connectivity index (χ2v) is 7.09. The fourth-order valence-corrected chi connectivity index (χ4v) is 3.54. The molecule has 0 aromatic heterocycles. The number of allylic oxidation sites excluding steroid dienone is 4. The highest BCUT2D eigenvalue weighted by molar-refractivity contribution is 5.71. The van der Waals surface area contributed by atoms with Gasteiger partial charge in [-0.15, -0.1) is 0 Å². The van der Waals surface area contributed by atoms with Gasteiger partial charge < -0.3 is 24.6 Å². The maximum Gasteiger partial charge on any atom is 0.161 e. The molecule has 6 nitrogen and oxygen atoms in total. The predicted octanol–water partition coefficient (Wildman–Crippen LogP) is 1.73. The quantitative estimate of drug-likeness (QED) is 0.588. The van der Waals surface area contributed by atoms with Crippen LogP contribution in [0.1, 0.15) is 6.42 Å². The monoisotopic (exact) mass is 406 g/mol. The van der Waals surface area contributed by atoms with Crippen LogP contribution in [-0.2, 0) is 0 Å². The van der Waals surface area contributed by atoms with Crippen LogP contribution in [0.2, 0.25) is 0 Å². The standard InChI is InChI=1S/C24H26N2O4/c1-28-21-10-4-5-11-22(21)29-14-13-25-15-17(27)16-30-23-12-6-9-20-24(23)18-7-2-3-8-19(18)26-20/h2-6,8-12,17,25,27H,7,13-16H2,1H3. The summed E-state index contributed by atoms with van der Waals surface area (Å²) in [4.78, 5) is 4.66. The zero-order valence-electron chi connectivity index (χ0n) is 17.0. The van der Waals surface area contributed by atoms with Gasteiger partial charge in [-0.3, -0.25) is 0 Å². The van der Waals surface area contributed by atoms with Crippen molar-refractivity contribution < 1.29 is 19.3 Å². The van der Waals surface area contributed by atoms with Crippen molar-refractivity contribution in [3.63, 3.8) is 0 Å². The van der Waals surface area contributed by atoms with Crippen LogP contribution >= 0.6 is 0 Å². The number of rotatable bonds is 10. The van der Waals surface area contributed by atoms with Gasteiger partial charge in [0, 0.05) is 18.3 Å². The minimum absolute atomic E-state index is 0.207. The highest BCUT2D eigenvalue weighted by atomic mass is 16.5. The summed E-state index contributed by atoms with van der Waals surface area (Å²) in [5.74, 6) is 2.18. The molecule has 6 heteroatoms. The summed E-state index contributed by atoms with van der Waals surface area (Å²) in [5.41, 5.74) is 2.19. The molecule has 0 saturated heterocycles. The van der Waals surface area contributed by atoms with E-state index in [-0.39, 0.29) is 6.61 Å². The lowest BCUT2D eigenvalue weighted by atomic mass is 10.0. The van der Waals surface area contributed by atoms with Gasteiger partial charge in [0.15, 0.2) is 11.5 Å². The van der Waals surface area contributed by atoms with Crippen molar-refractivity contribution >= 4 is 5.57 Å². The van der Waals surface area contributed by atoms with Crippen LogP contribution < -0.4 is 30.1 Å². The summed E-state index contributed by atoms with van der Waals surface area (Å²) in [6.07, 6.45) is 6.39. The summed E-state index contributed by atoms with van der Waals surface area (Å²) in [5, 5.41) is 15.4. The van der Waals surface area contributed by atoms with Gasteiger partial charge >= 0.3 is 0 Å². The number of hydrogen-bond acceptors (Lipinski definition) is 6. The maximum atomic E-state index is 10.3. The van der Waals surface area contributed by atoms with E-state index in [1.807, 2.05) is 54.6 Å². The molecule has 2 aromatic rings. The summed E-state index contributed by atoms with van der Waals surface area (Å²) < 4.78 is 16.9. The third-order valence-corrected chi connectivity index (χ3v) is 4.98. The number of nitrogens with zero attached hydrogens (tertiary/aromatic N) is 1. The van der Waals surface area contributed by atoms with Crippen LogP contribution in [0, 0.1) is 0 Å².